The number of hydrogen-bond donors (Lipinski definition) is 1. The molecule has 1 spiro atoms. The molecule has 0 saturated carbocycles. The van der Waals surface area contributed by atoms with Crippen LogP contribution in [0, 0.1) is 11.2 Å². The van der Waals surface area contributed by atoms with Gasteiger partial charge in [0.2, 0.25) is 0 Å². The summed E-state index contributed by atoms with van der Waals surface area (Å²) in [5.41, 5.74) is 1.82. The van der Waals surface area contributed by atoms with Crippen LogP contribution in [0.1, 0.15) is 12.8 Å². The van der Waals surface area contributed by atoms with Crippen LogP contribution in [0.3, 0.4) is 0 Å². The molecule has 2 fully saturated rings. The molecule has 0 radical (unpaired) electrons. The van der Waals surface area contributed by atoms with E-state index in [1.807, 2.05) is 12.1 Å². The number of aromatic amines is 1. The van der Waals surface area contributed by atoms with Crippen molar-refractivity contribution in [1.29, 1.82) is 0 Å². The monoisotopic (exact) mass is 477 g/mol. The summed E-state index contributed by atoms with van der Waals surface area (Å²) in [6.07, 6.45) is 5.51. The molecule has 2 aliphatic rings. The zero-order chi connectivity index (χ0) is 23.8. The van der Waals surface area contributed by atoms with Crippen LogP contribution in [0.2, 0.25) is 0 Å². The fourth-order valence-electron chi connectivity index (χ4n) is 5.08. The minimum Gasteiger partial charge on any atom is -0.493 e. The predicted molar refractivity (Wildman–Crippen MR) is 131 cm³/mol. The molecule has 8 heteroatoms. The summed E-state index contributed by atoms with van der Waals surface area (Å²) in [6, 6.07) is 10.5. The first-order valence-electron chi connectivity index (χ1n) is 12.0. The summed E-state index contributed by atoms with van der Waals surface area (Å²) in [7, 11) is 1.61. The van der Waals surface area contributed by atoms with Crippen LogP contribution < -0.4 is 14.2 Å². The minimum absolute atomic E-state index is 0.154. The van der Waals surface area contributed by atoms with Gasteiger partial charge in [-0.25, -0.2) is 4.39 Å². The summed E-state index contributed by atoms with van der Waals surface area (Å²) in [4.78, 5) is 9.98. The average molecular weight is 478 g/mol. The smallest absolute Gasteiger partial charge is 0.175 e. The van der Waals surface area contributed by atoms with Crippen molar-refractivity contribution in [1.82, 2.24) is 14.9 Å². The number of H-pyrrole nitrogens is 1. The number of nitrogens with zero attached hydrogens (tertiary/aromatic N) is 2. The van der Waals surface area contributed by atoms with Crippen LogP contribution in [0.15, 0.2) is 48.8 Å². The minimum atomic E-state index is -0.408. The molecule has 0 aliphatic carbocycles. The SMILES string of the molecule is COc1cc2c(Oc3ccc4[nH]ccc4c3F)ccnc2cc1OCCCN1CCC2(COC2)C1. The lowest BCUT2D eigenvalue weighted by atomic mass is 9.85. The molecular formula is C27H28FN3O4. The maximum atomic E-state index is 14.9. The molecule has 1 N–H and O–H groups in total. The second-order valence-electron chi connectivity index (χ2n) is 9.47. The molecule has 0 unspecified atom stereocenters. The van der Waals surface area contributed by atoms with Crippen LogP contribution in [0.4, 0.5) is 4.39 Å². The van der Waals surface area contributed by atoms with Gasteiger partial charge in [-0.05, 0) is 49.7 Å². The van der Waals surface area contributed by atoms with E-state index in [4.69, 9.17) is 18.9 Å². The molecule has 182 valence electrons. The predicted octanol–water partition coefficient (Wildman–Crippen LogP) is 5.15. The Morgan fingerprint density at radius 3 is 2.80 bits per heavy atom. The molecule has 4 aromatic rings. The van der Waals surface area contributed by atoms with Crippen molar-refractivity contribution >= 4 is 21.8 Å². The van der Waals surface area contributed by atoms with Crippen molar-refractivity contribution in [2.45, 2.75) is 12.8 Å². The number of methoxy groups -OCH3 is 1. The Kier molecular flexibility index (Phi) is 5.70. The highest BCUT2D eigenvalue weighted by molar-refractivity contribution is 5.88. The maximum absolute atomic E-state index is 14.9. The highest BCUT2D eigenvalue weighted by Crippen LogP contribution is 2.39. The molecule has 0 bridgehead atoms. The Bertz CT molecular complexity index is 1370. The van der Waals surface area contributed by atoms with Crippen LogP contribution in [0.25, 0.3) is 21.8 Å². The normalized spacial score (nSPS) is 17.2. The van der Waals surface area contributed by atoms with E-state index < -0.39 is 5.82 Å². The van der Waals surface area contributed by atoms with Gasteiger partial charge in [0.1, 0.15) is 5.75 Å². The molecule has 6 rings (SSSR count). The summed E-state index contributed by atoms with van der Waals surface area (Å²) in [5, 5.41) is 1.20. The second-order valence-corrected chi connectivity index (χ2v) is 9.47. The highest BCUT2D eigenvalue weighted by Gasteiger charge is 2.43. The van der Waals surface area contributed by atoms with Gasteiger partial charge in [0, 0.05) is 53.3 Å². The van der Waals surface area contributed by atoms with Gasteiger partial charge >= 0.3 is 0 Å². The van der Waals surface area contributed by atoms with E-state index in [0.717, 1.165) is 50.2 Å². The van der Waals surface area contributed by atoms with E-state index in [9.17, 15) is 4.39 Å². The van der Waals surface area contributed by atoms with Crippen LogP contribution in [0.5, 0.6) is 23.0 Å². The van der Waals surface area contributed by atoms with Crippen molar-refractivity contribution in [3.05, 3.63) is 54.6 Å². The lowest BCUT2D eigenvalue weighted by molar-refractivity contribution is -0.105. The lowest BCUT2D eigenvalue weighted by Gasteiger charge is -2.37. The van der Waals surface area contributed by atoms with Gasteiger partial charge in [-0.1, -0.05) is 0 Å². The Labute approximate surface area is 202 Å². The Balaban J connectivity index is 1.16. The molecule has 2 aromatic heterocycles. The number of rotatable bonds is 8. The van der Waals surface area contributed by atoms with Gasteiger partial charge in [-0.3, -0.25) is 4.98 Å². The fraction of sp³-hybridized carbons (Fsp3) is 0.370. The third-order valence-electron chi connectivity index (χ3n) is 7.05. The Morgan fingerprint density at radius 2 is 2.00 bits per heavy atom. The van der Waals surface area contributed by atoms with Crippen LogP contribution in [-0.4, -0.2) is 61.4 Å². The number of likely N-dealkylation sites (tertiary alicyclic amines) is 1. The molecule has 7 nitrogen and oxygen atoms in total. The summed E-state index contributed by atoms with van der Waals surface area (Å²) in [5.74, 6) is 1.46. The molecule has 0 amide bonds. The first-order valence-corrected chi connectivity index (χ1v) is 12.0. The first-order chi connectivity index (χ1) is 17.1. The van der Waals surface area contributed by atoms with Gasteiger partial charge in [0.15, 0.2) is 23.1 Å². The first kappa shape index (κ1) is 22.1. The molecule has 35 heavy (non-hydrogen) atoms. The van der Waals surface area contributed by atoms with Crippen molar-refractivity contribution < 1.29 is 23.3 Å². The van der Waals surface area contributed by atoms with E-state index in [-0.39, 0.29) is 5.75 Å². The largest absolute Gasteiger partial charge is 0.493 e. The Hall–Kier alpha value is -3.36. The van der Waals surface area contributed by atoms with Crippen LogP contribution in [-0.2, 0) is 4.74 Å². The molecule has 2 saturated heterocycles. The van der Waals surface area contributed by atoms with Crippen molar-refractivity contribution in [2.75, 3.05) is 46.6 Å². The number of halogens is 1. The average Bonchev–Trinajstić information content (AvgIpc) is 3.51. The van der Waals surface area contributed by atoms with Gasteiger partial charge in [-0.2, -0.15) is 0 Å². The molecule has 4 heterocycles. The molecule has 2 aromatic carbocycles. The number of aromatic nitrogens is 2. The molecule has 0 atom stereocenters. The van der Waals surface area contributed by atoms with E-state index in [1.54, 1.807) is 43.8 Å². The summed E-state index contributed by atoms with van der Waals surface area (Å²) >= 11 is 0. The van der Waals surface area contributed by atoms with E-state index >= 15 is 0 Å². The van der Waals surface area contributed by atoms with Crippen molar-refractivity contribution in [3.63, 3.8) is 0 Å². The fourth-order valence-corrected chi connectivity index (χ4v) is 5.08. The van der Waals surface area contributed by atoms with E-state index in [2.05, 4.69) is 14.9 Å². The molecular weight excluding hydrogens is 449 g/mol. The van der Waals surface area contributed by atoms with Gasteiger partial charge in [0.25, 0.3) is 0 Å². The van der Waals surface area contributed by atoms with E-state index in [1.165, 1.54) is 6.42 Å². The number of pyridine rings is 1. The maximum Gasteiger partial charge on any atom is 0.175 e. The van der Waals surface area contributed by atoms with Gasteiger partial charge < -0.3 is 28.8 Å². The standard InChI is InChI=1S/C27H28FN3O4/c1-32-24-13-19-21(14-25(24)34-12-2-10-31-11-7-27(15-31)16-33-17-27)30-9-6-22(19)35-23-4-3-20-18(26(23)28)5-8-29-20/h3-6,8-9,13-14,29H,2,7,10-12,15-17H2,1H3. The second kappa shape index (κ2) is 9.02. The number of hydrogen-bond acceptors (Lipinski definition) is 6. The van der Waals surface area contributed by atoms with Gasteiger partial charge in [-0.15, -0.1) is 0 Å². The van der Waals surface area contributed by atoms with Gasteiger partial charge in [0.05, 0.1) is 32.4 Å². The zero-order valence-corrected chi connectivity index (χ0v) is 19.7. The third kappa shape index (κ3) is 4.17. The lowest BCUT2D eigenvalue weighted by Crippen LogP contribution is -2.44. The van der Waals surface area contributed by atoms with Crippen molar-refractivity contribution in [2.24, 2.45) is 5.41 Å². The van der Waals surface area contributed by atoms with Crippen LogP contribution >= 0.6 is 0 Å². The molecule has 2 aliphatic heterocycles. The third-order valence-corrected chi connectivity index (χ3v) is 7.05. The number of ether oxygens (including phenoxy) is 4. The zero-order valence-electron chi connectivity index (χ0n) is 19.7. The number of benzene rings is 2. The summed E-state index contributed by atoms with van der Waals surface area (Å²) < 4.78 is 38.0. The number of nitrogens with one attached hydrogen (secondary N) is 1. The van der Waals surface area contributed by atoms with Crippen molar-refractivity contribution in [3.8, 4) is 23.0 Å². The number of fused-ring (bicyclic) bond motifs is 2. The topological polar surface area (TPSA) is 68.8 Å². The summed E-state index contributed by atoms with van der Waals surface area (Å²) in [6.45, 7) is 5.65. The highest BCUT2D eigenvalue weighted by atomic mass is 19.1. The Morgan fingerprint density at radius 1 is 1.09 bits per heavy atom. The van der Waals surface area contributed by atoms with E-state index in [0.29, 0.717) is 40.2 Å². The quantitative estimate of drug-likeness (QED) is 0.354.